The summed E-state index contributed by atoms with van der Waals surface area (Å²) < 4.78 is 1.38. The van der Waals surface area contributed by atoms with E-state index >= 15 is 0 Å². The summed E-state index contributed by atoms with van der Waals surface area (Å²) in [6.45, 7) is 3.61. The van der Waals surface area contributed by atoms with E-state index in [9.17, 15) is 9.59 Å². The van der Waals surface area contributed by atoms with E-state index in [0.717, 1.165) is 0 Å². The zero-order chi connectivity index (χ0) is 11.3. The Morgan fingerprint density at radius 2 is 2.33 bits per heavy atom. The summed E-state index contributed by atoms with van der Waals surface area (Å²) in [7, 11) is 0. The van der Waals surface area contributed by atoms with Gasteiger partial charge in [0.05, 0.1) is 0 Å². The Morgan fingerprint density at radius 3 is 2.93 bits per heavy atom. The Balaban J connectivity index is 2.75. The molecular formula is C10H12N2O3. The number of carboxylic acid groups (broad SMARTS) is 1. The van der Waals surface area contributed by atoms with Crippen molar-refractivity contribution in [2.45, 2.75) is 6.54 Å². The van der Waals surface area contributed by atoms with Crippen molar-refractivity contribution in [2.75, 3.05) is 6.54 Å². The molecule has 0 aliphatic heterocycles. The highest BCUT2D eigenvalue weighted by molar-refractivity contribution is 5.93. The van der Waals surface area contributed by atoms with Crippen LogP contribution in [0.4, 0.5) is 0 Å². The lowest BCUT2D eigenvalue weighted by Crippen LogP contribution is -2.26. The van der Waals surface area contributed by atoms with Gasteiger partial charge < -0.3 is 15.0 Å². The molecule has 0 unspecified atom stereocenters. The Labute approximate surface area is 87.0 Å². The number of hydrogen-bond acceptors (Lipinski definition) is 2. The summed E-state index contributed by atoms with van der Waals surface area (Å²) in [5.74, 6) is -1.29. The molecule has 0 aliphatic rings. The van der Waals surface area contributed by atoms with Crippen LogP contribution in [0, 0.1) is 0 Å². The molecule has 0 aliphatic carbocycles. The minimum Gasteiger partial charge on any atom is -0.480 e. The lowest BCUT2D eigenvalue weighted by molar-refractivity contribution is -0.137. The smallest absolute Gasteiger partial charge is 0.323 e. The van der Waals surface area contributed by atoms with Gasteiger partial charge in [-0.2, -0.15) is 0 Å². The molecule has 0 atom stereocenters. The number of carbonyl (C=O) groups excluding carboxylic acids is 1. The van der Waals surface area contributed by atoms with Crippen LogP contribution in [-0.4, -0.2) is 28.1 Å². The third-order valence-corrected chi connectivity index (χ3v) is 1.77. The van der Waals surface area contributed by atoms with Gasteiger partial charge >= 0.3 is 5.97 Å². The van der Waals surface area contributed by atoms with Crippen molar-refractivity contribution in [2.24, 2.45) is 0 Å². The van der Waals surface area contributed by atoms with Gasteiger partial charge in [-0.25, -0.2) is 0 Å². The molecule has 0 radical (unpaired) electrons. The van der Waals surface area contributed by atoms with Crippen molar-refractivity contribution in [1.29, 1.82) is 0 Å². The first-order chi connectivity index (χ1) is 7.15. The Bertz CT molecular complexity index is 382. The maximum Gasteiger partial charge on any atom is 0.323 e. The minimum absolute atomic E-state index is 0.218. The zero-order valence-corrected chi connectivity index (χ0v) is 8.14. The average molecular weight is 208 g/mol. The van der Waals surface area contributed by atoms with E-state index in [2.05, 4.69) is 11.9 Å². The van der Waals surface area contributed by atoms with E-state index in [-0.39, 0.29) is 12.5 Å². The average Bonchev–Trinajstić information content (AvgIpc) is 2.61. The standard InChI is InChI=1S/C10H12N2O3/c1-2-5-11-10(15)8-4-3-6-12(8)7-9(13)14/h2-4,6H,1,5,7H2,(H,11,15)(H,13,14). The number of carboxylic acids is 1. The van der Waals surface area contributed by atoms with Gasteiger partial charge in [-0.15, -0.1) is 6.58 Å². The first kappa shape index (κ1) is 11.0. The highest BCUT2D eigenvalue weighted by Gasteiger charge is 2.11. The van der Waals surface area contributed by atoms with Gasteiger partial charge in [-0.05, 0) is 12.1 Å². The van der Waals surface area contributed by atoms with Crippen LogP contribution in [0.15, 0.2) is 31.0 Å². The van der Waals surface area contributed by atoms with E-state index in [1.807, 2.05) is 0 Å². The summed E-state index contributed by atoms with van der Waals surface area (Å²) in [4.78, 5) is 22.0. The quantitative estimate of drug-likeness (QED) is 0.692. The van der Waals surface area contributed by atoms with Crippen LogP contribution >= 0.6 is 0 Å². The molecule has 0 bridgehead atoms. The molecular weight excluding hydrogens is 196 g/mol. The van der Waals surface area contributed by atoms with Gasteiger partial charge in [0, 0.05) is 12.7 Å². The maximum absolute atomic E-state index is 11.5. The highest BCUT2D eigenvalue weighted by atomic mass is 16.4. The summed E-state index contributed by atoms with van der Waals surface area (Å²) in [5, 5.41) is 11.2. The molecule has 0 spiro atoms. The fraction of sp³-hybridized carbons (Fsp3) is 0.200. The van der Waals surface area contributed by atoms with Crippen molar-refractivity contribution >= 4 is 11.9 Å². The van der Waals surface area contributed by atoms with Gasteiger partial charge in [-0.3, -0.25) is 9.59 Å². The van der Waals surface area contributed by atoms with Crippen molar-refractivity contribution in [3.63, 3.8) is 0 Å². The molecule has 5 heteroatoms. The largest absolute Gasteiger partial charge is 0.480 e. The van der Waals surface area contributed by atoms with Crippen LogP contribution < -0.4 is 5.32 Å². The van der Waals surface area contributed by atoms with E-state index in [0.29, 0.717) is 12.2 Å². The van der Waals surface area contributed by atoms with Crippen molar-refractivity contribution < 1.29 is 14.7 Å². The molecule has 1 aromatic rings. The predicted octanol–water partition coefficient (Wildman–Crippen LogP) is 0.489. The molecule has 0 saturated heterocycles. The SMILES string of the molecule is C=CCNC(=O)c1cccn1CC(=O)O. The number of amides is 1. The van der Waals surface area contributed by atoms with Gasteiger partial charge in [0.2, 0.25) is 0 Å². The van der Waals surface area contributed by atoms with Crippen LogP contribution in [0.3, 0.4) is 0 Å². The molecule has 5 nitrogen and oxygen atoms in total. The molecule has 1 amide bonds. The fourth-order valence-corrected chi connectivity index (χ4v) is 1.16. The summed E-state index contributed by atoms with van der Waals surface area (Å²) >= 11 is 0. The van der Waals surface area contributed by atoms with Gasteiger partial charge in [-0.1, -0.05) is 6.08 Å². The topological polar surface area (TPSA) is 71.3 Å². The highest BCUT2D eigenvalue weighted by Crippen LogP contribution is 2.01. The first-order valence-corrected chi connectivity index (χ1v) is 4.41. The van der Waals surface area contributed by atoms with Crippen molar-refractivity contribution in [3.8, 4) is 0 Å². The minimum atomic E-state index is -0.982. The first-order valence-electron chi connectivity index (χ1n) is 4.41. The van der Waals surface area contributed by atoms with Crippen LogP contribution in [0.2, 0.25) is 0 Å². The van der Waals surface area contributed by atoms with Crippen LogP contribution in [0.1, 0.15) is 10.5 Å². The fourth-order valence-electron chi connectivity index (χ4n) is 1.16. The third-order valence-electron chi connectivity index (χ3n) is 1.77. The molecule has 80 valence electrons. The number of nitrogens with one attached hydrogen (secondary N) is 1. The second-order valence-electron chi connectivity index (χ2n) is 2.91. The van der Waals surface area contributed by atoms with Gasteiger partial charge in [0.1, 0.15) is 12.2 Å². The van der Waals surface area contributed by atoms with Crippen LogP contribution in [0.5, 0.6) is 0 Å². The molecule has 1 aromatic heterocycles. The van der Waals surface area contributed by atoms with Crippen molar-refractivity contribution in [1.82, 2.24) is 9.88 Å². The van der Waals surface area contributed by atoms with Crippen molar-refractivity contribution in [3.05, 3.63) is 36.7 Å². The van der Waals surface area contributed by atoms with E-state index in [1.165, 1.54) is 4.57 Å². The van der Waals surface area contributed by atoms with E-state index < -0.39 is 5.97 Å². The lowest BCUT2D eigenvalue weighted by Gasteiger charge is -2.05. The Morgan fingerprint density at radius 1 is 1.60 bits per heavy atom. The number of hydrogen-bond donors (Lipinski definition) is 2. The number of rotatable bonds is 5. The molecule has 0 aromatic carbocycles. The number of carbonyl (C=O) groups is 2. The van der Waals surface area contributed by atoms with Crippen LogP contribution in [0.25, 0.3) is 0 Å². The molecule has 0 fully saturated rings. The van der Waals surface area contributed by atoms with Crippen LogP contribution in [-0.2, 0) is 11.3 Å². The van der Waals surface area contributed by atoms with Gasteiger partial charge in [0.15, 0.2) is 0 Å². The number of aromatic nitrogens is 1. The summed E-state index contributed by atoms with van der Waals surface area (Å²) in [5.41, 5.74) is 0.333. The second kappa shape index (κ2) is 4.99. The van der Waals surface area contributed by atoms with Gasteiger partial charge in [0.25, 0.3) is 5.91 Å². The zero-order valence-electron chi connectivity index (χ0n) is 8.14. The number of aliphatic carboxylic acids is 1. The lowest BCUT2D eigenvalue weighted by atomic mass is 10.4. The molecule has 2 N–H and O–H groups in total. The van der Waals surface area contributed by atoms with E-state index in [4.69, 9.17) is 5.11 Å². The number of nitrogens with zero attached hydrogens (tertiary/aromatic N) is 1. The normalized spacial score (nSPS) is 9.60. The second-order valence-corrected chi connectivity index (χ2v) is 2.91. The molecule has 1 rings (SSSR count). The molecule has 15 heavy (non-hydrogen) atoms. The summed E-state index contributed by atoms with van der Waals surface area (Å²) in [6.07, 6.45) is 3.11. The maximum atomic E-state index is 11.5. The molecule has 1 heterocycles. The molecule has 0 saturated carbocycles. The Kier molecular flexibility index (Phi) is 3.68. The third kappa shape index (κ3) is 2.98. The van der Waals surface area contributed by atoms with E-state index in [1.54, 1.807) is 24.4 Å². The predicted molar refractivity (Wildman–Crippen MR) is 54.6 cm³/mol. The summed E-state index contributed by atoms with van der Waals surface area (Å²) in [6, 6.07) is 3.20. The Hall–Kier alpha value is -2.04. The monoisotopic (exact) mass is 208 g/mol.